The van der Waals surface area contributed by atoms with Crippen LogP contribution in [-0.4, -0.2) is 28.3 Å². The summed E-state index contributed by atoms with van der Waals surface area (Å²) in [6, 6.07) is 13.0. The molecule has 0 atom stereocenters. The van der Waals surface area contributed by atoms with E-state index in [9.17, 15) is 14.0 Å². The van der Waals surface area contributed by atoms with Gasteiger partial charge in [-0.3, -0.25) is 18.5 Å². The van der Waals surface area contributed by atoms with Crippen molar-refractivity contribution < 1.29 is 4.39 Å². The van der Waals surface area contributed by atoms with Crippen molar-refractivity contribution in [3.63, 3.8) is 0 Å². The fraction of sp³-hybridized carbons (Fsp3) is 0.143. The smallest absolute Gasteiger partial charge is 0.298 e. The summed E-state index contributed by atoms with van der Waals surface area (Å²) in [4.78, 5) is 25.8. The van der Waals surface area contributed by atoms with Gasteiger partial charge in [0.25, 0.3) is 5.56 Å². The maximum atomic E-state index is 13.4. The highest BCUT2D eigenvalue weighted by molar-refractivity contribution is 6.30. The van der Waals surface area contributed by atoms with Crippen molar-refractivity contribution in [3.05, 3.63) is 85.8 Å². The van der Waals surface area contributed by atoms with Gasteiger partial charge in [0.05, 0.1) is 6.54 Å². The van der Waals surface area contributed by atoms with Crippen LogP contribution in [-0.2, 0) is 20.6 Å². The van der Waals surface area contributed by atoms with E-state index in [4.69, 9.17) is 11.6 Å². The number of halogens is 2. The van der Waals surface area contributed by atoms with Crippen LogP contribution in [0.3, 0.4) is 0 Å². The number of imidazole rings is 1. The molecule has 3 heterocycles. The largest absolute Gasteiger partial charge is 0.332 e. The first-order chi connectivity index (χ1) is 14.9. The Hall–Kier alpha value is -3.72. The van der Waals surface area contributed by atoms with E-state index in [1.54, 1.807) is 52.4 Å². The van der Waals surface area contributed by atoms with Gasteiger partial charge >= 0.3 is 5.69 Å². The number of hydrogen-bond acceptors (Lipinski definition) is 4. The molecule has 10 heteroatoms. The first kappa shape index (κ1) is 19.3. The predicted octanol–water partition coefficient (Wildman–Crippen LogP) is 2.59. The Kier molecular flexibility index (Phi) is 4.30. The molecule has 2 aromatic carbocycles. The molecule has 0 aliphatic rings. The molecule has 0 saturated carbocycles. The SMILES string of the molecule is Cn1c(=O)c2c(n(C)c1=O)n1c(-c3ccc(Cl)cc3)nnc1n2Cc1ccc(F)cc1. The molecule has 0 fully saturated rings. The summed E-state index contributed by atoms with van der Waals surface area (Å²) in [5, 5.41) is 9.20. The number of hydrogen-bond donors (Lipinski definition) is 0. The molecule has 0 saturated heterocycles. The van der Waals surface area contributed by atoms with Gasteiger partial charge in [-0.2, -0.15) is 0 Å². The van der Waals surface area contributed by atoms with Gasteiger partial charge in [0.2, 0.25) is 5.78 Å². The van der Waals surface area contributed by atoms with Crippen LogP contribution in [0.1, 0.15) is 5.56 Å². The van der Waals surface area contributed by atoms with Gasteiger partial charge < -0.3 is 0 Å². The molecule has 31 heavy (non-hydrogen) atoms. The summed E-state index contributed by atoms with van der Waals surface area (Å²) in [5.74, 6) is 0.512. The second-order valence-corrected chi connectivity index (χ2v) is 7.69. The molecule has 0 bridgehead atoms. The number of aromatic nitrogens is 6. The first-order valence-corrected chi connectivity index (χ1v) is 9.78. The summed E-state index contributed by atoms with van der Waals surface area (Å²) in [7, 11) is 3.03. The van der Waals surface area contributed by atoms with E-state index in [0.717, 1.165) is 15.7 Å². The van der Waals surface area contributed by atoms with Crippen LogP contribution in [0.2, 0.25) is 5.02 Å². The normalized spacial score (nSPS) is 11.6. The van der Waals surface area contributed by atoms with Crippen molar-refractivity contribution in [2.24, 2.45) is 14.1 Å². The van der Waals surface area contributed by atoms with Crippen molar-refractivity contribution >= 4 is 28.5 Å². The molecule has 5 rings (SSSR count). The van der Waals surface area contributed by atoms with Crippen LogP contribution >= 0.6 is 11.6 Å². The Balaban J connectivity index is 1.89. The molecule has 0 amide bonds. The third-order valence-corrected chi connectivity index (χ3v) is 5.59. The van der Waals surface area contributed by atoms with Crippen molar-refractivity contribution in [1.82, 2.24) is 28.3 Å². The van der Waals surface area contributed by atoms with E-state index in [-0.39, 0.29) is 12.4 Å². The standard InChI is InChI=1S/C21H16ClFN6O2/c1-26-18-16(19(30)27(2)21(26)31)28(11-12-3-9-15(23)10-4-12)20-25-24-17(29(18)20)13-5-7-14(22)8-6-13/h3-10H,11H2,1-2H3. The zero-order chi connectivity index (χ0) is 21.9. The monoisotopic (exact) mass is 438 g/mol. The quantitative estimate of drug-likeness (QED) is 0.433. The molecule has 0 aliphatic carbocycles. The first-order valence-electron chi connectivity index (χ1n) is 9.40. The number of fused-ring (bicyclic) bond motifs is 3. The van der Waals surface area contributed by atoms with Crippen LogP contribution < -0.4 is 11.2 Å². The minimum atomic E-state index is -0.464. The molecule has 0 radical (unpaired) electrons. The Morgan fingerprint density at radius 2 is 1.61 bits per heavy atom. The van der Waals surface area contributed by atoms with Crippen LogP contribution in [0, 0.1) is 5.82 Å². The lowest BCUT2D eigenvalue weighted by atomic mass is 10.2. The number of aryl methyl sites for hydroxylation is 1. The van der Waals surface area contributed by atoms with E-state index < -0.39 is 11.2 Å². The van der Waals surface area contributed by atoms with E-state index in [1.165, 1.54) is 23.7 Å². The van der Waals surface area contributed by atoms with Crippen LogP contribution in [0.25, 0.3) is 28.3 Å². The van der Waals surface area contributed by atoms with Crippen LogP contribution in [0.15, 0.2) is 58.1 Å². The summed E-state index contributed by atoms with van der Waals surface area (Å²) in [6.07, 6.45) is 0. The summed E-state index contributed by atoms with van der Waals surface area (Å²) in [6.45, 7) is 0.249. The average molecular weight is 439 g/mol. The van der Waals surface area contributed by atoms with E-state index in [1.807, 2.05) is 0 Å². The second kappa shape index (κ2) is 6.92. The minimum Gasteiger partial charge on any atom is -0.298 e. The number of benzene rings is 2. The highest BCUT2D eigenvalue weighted by Crippen LogP contribution is 2.26. The fourth-order valence-electron chi connectivity index (χ4n) is 3.76. The highest BCUT2D eigenvalue weighted by atomic mass is 35.5. The Morgan fingerprint density at radius 3 is 2.29 bits per heavy atom. The molecular formula is C21H16ClFN6O2. The van der Waals surface area contributed by atoms with Crippen molar-refractivity contribution in [2.75, 3.05) is 0 Å². The van der Waals surface area contributed by atoms with E-state index in [2.05, 4.69) is 10.2 Å². The van der Waals surface area contributed by atoms with Gasteiger partial charge in [-0.15, -0.1) is 10.2 Å². The fourth-order valence-corrected chi connectivity index (χ4v) is 3.89. The van der Waals surface area contributed by atoms with Gasteiger partial charge in [-0.25, -0.2) is 13.6 Å². The molecule has 0 N–H and O–H groups in total. The molecule has 0 unspecified atom stereocenters. The molecule has 3 aromatic heterocycles. The van der Waals surface area contributed by atoms with Crippen molar-refractivity contribution in [1.29, 1.82) is 0 Å². The van der Waals surface area contributed by atoms with E-state index in [0.29, 0.717) is 27.8 Å². The lowest BCUT2D eigenvalue weighted by Gasteiger charge is -2.08. The molecule has 156 valence electrons. The highest BCUT2D eigenvalue weighted by Gasteiger charge is 2.24. The van der Waals surface area contributed by atoms with Crippen LogP contribution in [0.4, 0.5) is 4.39 Å². The second-order valence-electron chi connectivity index (χ2n) is 7.26. The van der Waals surface area contributed by atoms with E-state index >= 15 is 0 Å². The maximum absolute atomic E-state index is 13.4. The summed E-state index contributed by atoms with van der Waals surface area (Å²) in [5.41, 5.74) is 1.26. The third-order valence-electron chi connectivity index (χ3n) is 5.34. The van der Waals surface area contributed by atoms with Crippen molar-refractivity contribution in [3.8, 4) is 11.4 Å². The maximum Gasteiger partial charge on any atom is 0.332 e. The third kappa shape index (κ3) is 2.89. The lowest BCUT2D eigenvalue weighted by molar-refractivity contribution is 0.626. The number of nitrogens with zero attached hydrogens (tertiary/aromatic N) is 6. The molecule has 0 aliphatic heterocycles. The summed E-state index contributed by atoms with van der Waals surface area (Å²) >= 11 is 6.01. The average Bonchev–Trinajstić information content (AvgIpc) is 3.32. The Morgan fingerprint density at radius 1 is 0.935 bits per heavy atom. The van der Waals surface area contributed by atoms with Gasteiger partial charge in [-0.1, -0.05) is 23.7 Å². The number of rotatable bonds is 3. The molecule has 8 nitrogen and oxygen atoms in total. The molecule has 0 spiro atoms. The zero-order valence-electron chi connectivity index (χ0n) is 16.6. The minimum absolute atomic E-state index is 0.249. The molecule has 5 aromatic rings. The van der Waals surface area contributed by atoms with Gasteiger partial charge in [0.1, 0.15) is 5.82 Å². The van der Waals surface area contributed by atoms with Gasteiger partial charge in [-0.05, 0) is 42.0 Å². The Labute approximate surface area is 179 Å². The lowest BCUT2D eigenvalue weighted by Crippen LogP contribution is -2.37. The topological polar surface area (TPSA) is 79.1 Å². The zero-order valence-corrected chi connectivity index (χ0v) is 17.3. The molecular weight excluding hydrogens is 423 g/mol. The Bertz CT molecular complexity index is 1580. The summed E-state index contributed by atoms with van der Waals surface area (Å²) < 4.78 is 19.2. The van der Waals surface area contributed by atoms with Gasteiger partial charge in [0.15, 0.2) is 17.0 Å². The van der Waals surface area contributed by atoms with Gasteiger partial charge in [0, 0.05) is 24.7 Å². The van der Waals surface area contributed by atoms with Crippen LogP contribution in [0.5, 0.6) is 0 Å². The van der Waals surface area contributed by atoms with Crippen molar-refractivity contribution in [2.45, 2.75) is 6.54 Å². The predicted molar refractivity (Wildman–Crippen MR) is 115 cm³/mol.